The van der Waals surface area contributed by atoms with Crippen molar-refractivity contribution in [2.45, 2.75) is 104 Å². The third-order valence-corrected chi connectivity index (χ3v) is 12.7. The summed E-state index contributed by atoms with van der Waals surface area (Å²) in [5.41, 5.74) is -7.50. The smallest absolute Gasteiger partial charge is 0.352 e. The number of rotatable bonds is 4. The van der Waals surface area contributed by atoms with Crippen LogP contribution in [0.15, 0.2) is 11.6 Å². The maximum atomic E-state index is 17.6. The lowest BCUT2D eigenvalue weighted by atomic mass is 9.43. The molecule has 4 saturated carbocycles. The molecule has 40 heavy (non-hydrogen) atoms. The van der Waals surface area contributed by atoms with Crippen molar-refractivity contribution in [2.75, 3.05) is 6.61 Å². The molecular weight excluding hydrogens is 520 g/mol. The summed E-state index contributed by atoms with van der Waals surface area (Å²) in [5, 5.41) is 20.8. The molecule has 0 saturated heterocycles. The first-order valence-corrected chi connectivity index (χ1v) is 14.4. The van der Waals surface area contributed by atoms with Crippen molar-refractivity contribution in [1.82, 2.24) is 0 Å². The number of hydrogen-bond donors (Lipinski definition) is 1. The van der Waals surface area contributed by atoms with Crippen LogP contribution in [0.3, 0.4) is 0 Å². The predicted molar refractivity (Wildman–Crippen MR) is 140 cm³/mol. The number of fused-ring (bicyclic) bond motifs is 5. The normalized spacial score (nSPS) is 46.7. The summed E-state index contributed by atoms with van der Waals surface area (Å²) >= 11 is 0. The Morgan fingerprint density at radius 1 is 1.12 bits per heavy atom. The molecule has 1 N–H and O–H groups in total. The predicted octanol–water partition coefficient (Wildman–Crippen LogP) is 4.81. The summed E-state index contributed by atoms with van der Waals surface area (Å²) in [6.45, 7) is 12.3. The van der Waals surface area contributed by atoms with Gasteiger partial charge in [0.25, 0.3) is 0 Å². The number of aliphatic hydroxyl groups excluding tert-OH is 1. The molecule has 4 fully saturated rings. The molecule has 0 heterocycles. The number of ketones is 1. The molecule has 0 radical (unpaired) electrons. The minimum Gasteiger partial charge on any atom is -0.447 e. The van der Waals surface area contributed by atoms with Gasteiger partial charge in [0, 0.05) is 29.1 Å². The van der Waals surface area contributed by atoms with Gasteiger partial charge in [-0.1, -0.05) is 48.5 Å². The molecule has 220 valence electrons. The van der Waals surface area contributed by atoms with Crippen LogP contribution in [0.1, 0.15) is 80.6 Å². The van der Waals surface area contributed by atoms with Gasteiger partial charge < -0.3 is 14.6 Å². The first-order chi connectivity index (χ1) is 18.4. The summed E-state index contributed by atoms with van der Waals surface area (Å²) in [6, 6.07) is 1.78. The number of halogens is 2. The lowest BCUT2D eigenvalue weighted by Gasteiger charge is -2.63. The maximum Gasteiger partial charge on any atom is 0.352 e. The fraction of sp³-hybridized carbons (Fsp3) is 0.806. The van der Waals surface area contributed by atoms with Crippen LogP contribution in [-0.4, -0.2) is 53.0 Å². The van der Waals surface area contributed by atoms with Gasteiger partial charge in [-0.25, -0.2) is 13.6 Å². The topological polar surface area (TPSA) is 114 Å². The third kappa shape index (κ3) is 3.26. The van der Waals surface area contributed by atoms with Crippen molar-refractivity contribution in [3.8, 4) is 6.07 Å². The number of esters is 2. The van der Waals surface area contributed by atoms with Gasteiger partial charge in [0.05, 0.1) is 12.0 Å². The summed E-state index contributed by atoms with van der Waals surface area (Å²) in [4.78, 5) is 39.8. The Bertz CT molecular complexity index is 1220. The van der Waals surface area contributed by atoms with Gasteiger partial charge in [0.2, 0.25) is 5.60 Å². The van der Waals surface area contributed by atoms with Crippen LogP contribution in [0.25, 0.3) is 0 Å². The average Bonchev–Trinajstić information content (AvgIpc) is 3.17. The number of allylic oxidation sites excluding steroid dienone is 1. The van der Waals surface area contributed by atoms with Gasteiger partial charge in [-0.3, -0.25) is 9.59 Å². The highest BCUT2D eigenvalue weighted by Crippen LogP contribution is 2.73. The average molecular weight is 562 g/mol. The second-order valence-corrected chi connectivity index (χ2v) is 14.6. The summed E-state index contributed by atoms with van der Waals surface area (Å²) in [7, 11) is 0. The fourth-order valence-electron chi connectivity index (χ4n) is 9.78. The molecule has 0 aromatic carbocycles. The number of nitrogens with zero attached hydrogens (tertiary/aromatic N) is 1. The zero-order valence-corrected chi connectivity index (χ0v) is 24.5. The number of nitriles is 1. The number of alkyl halides is 2. The van der Waals surface area contributed by atoms with E-state index in [2.05, 4.69) is 0 Å². The minimum absolute atomic E-state index is 0.0607. The van der Waals surface area contributed by atoms with Crippen molar-refractivity contribution < 1.29 is 37.7 Å². The van der Waals surface area contributed by atoms with E-state index in [0.717, 1.165) is 0 Å². The summed E-state index contributed by atoms with van der Waals surface area (Å²) in [5.74, 6) is -4.48. The highest BCUT2D eigenvalue weighted by atomic mass is 19.1. The highest BCUT2D eigenvalue weighted by molar-refractivity contribution is 5.92. The van der Waals surface area contributed by atoms with Crippen LogP contribution in [0.5, 0.6) is 0 Å². The molecule has 9 heteroatoms. The molecule has 0 bridgehead atoms. The first-order valence-electron chi connectivity index (χ1n) is 14.4. The molecular formula is C31H41F2NO6. The third-order valence-electron chi connectivity index (χ3n) is 12.7. The van der Waals surface area contributed by atoms with Gasteiger partial charge in [-0.15, -0.1) is 0 Å². The van der Waals surface area contributed by atoms with Crippen molar-refractivity contribution in [3.63, 3.8) is 0 Å². The zero-order valence-electron chi connectivity index (χ0n) is 24.5. The van der Waals surface area contributed by atoms with Crippen LogP contribution in [0.4, 0.5) is 8.78 Å². The van der Waals surface area contributed by atoms with Crippen LogP contribution in [0, 0.1) is 56.7 Å². The minimum atomic E-state index is -2.25. The molecule has 5 aliphatic rings. The monoisotopic (exact) mass is 561 g/mol. The molecule has 7 nitrogen and oxygen atoms in total. The molecule has 0 unspecified atom stereocenters. The van der Waals surface area contributed by atoms with Gasteiger partial charge in [-0.2, -0.15) is 5.26 Å². The van der Waals surface area contributed by atoms with Gasteiger partial charge in [0.1, 0.15) is 17.9 Å². The van der Waals surface area contributed by atoms with E-state index in [9.17, 15) is 19.5 Å². The van der Waals surface area contributed by atoms with E-state index in [1.54, 1.807) is 26.8 Å². The standard InChI is InChI=1S/C31H41F2NO6/c1-16-12-18-19-14-21(32)20-13-17(35)8-9-28(20,6)30(19,33)22(36)15-29(18,7)31(16,25(38)39-11-10-34)40-24(37)23-26(2,3)27(23,4)5/h13,16,18-19,21-23,36H,8-9,11-12,14-15H2,1-7H3/t16-,18+,19+,21+,22+,28+,29+,30+,31-/m1/s1. The molecule has 0 aromatic rings. The first kappa shape index (κ1) is 29.2. The number of ether oxygens (including phenoxy) is 2. The Labute approximate surface area is 234 Å². The van der Waals surface area contributed by atoms with Crippen LogP contribution in [0.2, 0.25) is 0 Å². The fourth-order valence-corrected chi connectivity index (χ4v) is 9.78. The van der Waals surface area contributed by atoms with Gasteiger partial charge in [-0.05, 0) is 54.1 Å². The Morgan fingerprint density at radius 3 is 2.33 bits per heavy atom. The lowest BCUT2D eigenvalue weighted by molar-refractivity contribution is -0.245. The molecule has 0 aliphatic heterocycles. The van der Waals surface area contributed by atoms with E-state index in [1.165, 1.54) is 6.08 Å². The number of hydrogen-bond acceptors (Lipinski definition) is 7. The lowest BCUT2D eigenvalue weighted by Crippen LogP contribution is -2.71. The van der Waals surface area contributed by atoms with E-state index in [0.29, 0.717) is 0 Å². The second kappa shape index (κ2) is 8.59. The Balaban J connectivity index is 1.61. The maximum absolute atomic E-state index is 17.6. The Hall–Kier alpha value is -2.34. The quantitative estimate of drug-likeness (QED) is 0.490. The Kier molecular flexibility index (Phi) is 6.26. The van der Waals surface area contributed by atoms with Gasteiger partial charge in [0.15, 0.2) is 12.4 Å². The van der Waals surface area contributed by atoms with Crippen molar-refractivity contribution in [3.05, 3.63) is 11.6 Å². The van der Waals surface area contributed by atoms with Crippen molar-refractivity contribution in [2.24, 2.45) is 45.3 Å². The molecule has 5 rings (SSSR count). The zero-order chi connectivity index (χ0) is 29.8. The van der Waals surface area contributed by atoms with Gasteiger partial charge >= 0.3 is 11.9 Å². The summed E-state index contributed by atoms with van der Waals surface area (Å²) < 4.78 is 45.0. The molecule has 9 atom stereocenters. The van der Waals surface area contributed by atoms with Crippen LogP contribution >= 0.6 is 0 Å². The van der Waals surface area contributed by atoms with Crippen molar-refractivity contribution in [1.29, 1.82) is 5.26 Å². The molecule has 5 aliphatic carbocycles. The van der Waals surface area contributed by atoms with E-state index in [1.807, 2.05) is 27.7 Å². The Morgan fingerprint density at radius 2 is 1.75 bits per heavy atom. The number of carbonyl (C=O) groups excluding carboxylic acids is 3. The second-order valence-electron chi connectivity index (χ2n) is 14.6. The number of aliphatic hydroxyl groups is 1. The van der Waals surface area contributed by atoms with Crippen LogP contribution in [-0.2, 0) is 23.9 Å². The van der Waals surface area contributed by atoms with Crippen molar-refractivity contribution >= 4 is 17.7 Å². The number of carbonyl (C=O) groups is 3. The molecule has 0 aromatic heterocycles. The summed E-state index contributed by atoms with van der Waals surface area (Å²) in [6.07, 6.45) is -2.08. The SMILES string of the molecule is C[C@@H]1C[C@H]2[C@@H]3C[C@H](F)C4=CC(=O)CC[C@]4(C)[C@@]3(F)[C@@H](O)C[C@]2(C)[C@]1(OC(=O)C1C(C)(C)C1(C)C)C(=O)OCC#N. The molecule has 0 amide bonds. The largest absolute Gasteiger partial charge is 0.447 e. The van der Waals surface area contributed by atoms with E-state index >= 15 is 8.78 Å². The van der Waals surface area contributed by atoms with E-state index < -0.39 is 76.6 Å². The van der Waals surface area contributed by atoms with Crippen LogP contribution < -0.4 is 0 Å². The molecule has 0 spiro atoms. The highest BCUT2D eigenvalue weighted by Gasteiger charge is 2.80. The van der Waals surface area contributed by atoms with E-state index in [4.69, 9.17) is 14.7 Å². The van der Waals surface area contributed by atoms with E-state index in [-0.39, 0.29) is 54.3 Å².